The maximum absolute atomic E-state index is 13.7. The quantitative estimate of drug-likeness (QED) is 0.179. The van der Waals surface area contributed by atoms with Gasteiger partial charge in [-0.05, 0) is 34.7 Å². The standard InChI is InChI=1S/C40H44N2O13/c1-22(52-39-35(41-23(2)43)37(54-26(5)46)36(53-25(4)45)33(55-39)21-49-24(3)44)34(38(47)50-19-27-13-7-6-8-14-27)42-40(48)51-20-32-30-17-11-9-15-28(30)29-16-10-12-18-31(29)32/h6-18,22,32-37,39H,19-21H2,1-5H3,(H,41,43)(H,42,48)/t22-,33?,34-,35?,36-,37-,39-/m1/s1. The minimum Gasteiger partial charge on any atom is -0.463 e. The Morgan fingerprint density at radius 2 is 1.27 bits per heavy atom. The molecule has 15 nitrogen and oxygen atoms in total. The normalized spacial score (nSPS) is 21.1. The number of carbonyl (C=O) groups excluding carboxylic acids is 6. The fraction of sp³-hybridized carbons (Fsp3) is 0.400. The van der Waals surface area contributed by atoms with Crippen molar-refractivity contribution in [1.82, 2.24) is 10.6 Å². The predicted octanol–water partition coefficient (Wildman–Crippen LogP) is 3.70. The Bertz CT molecular complexity index is 1820. The number of rotatable bonds is 14. The number of fused-ring (bicyclic) bond motifs is 3. The van der Waals surface area contributed by atoms with Crippen LogP contribution in [0.5, 0.6) is 0 Å². The molecule has 0 spiro atoms. The number of esters is 4. The van der Waals surface area contributed by atoms with Crippen molar-refractivity contribution in [2.24, 2.45) is 0 Å². The highest BCUT2D eigenvalue weighted by Crippen LogP contribution is 2.44. The van der Waals surface area contributed by atoms with E-state index < -0.39 is 85.3 Å². The highest BCUT2D eigenvalue weighted by molar-refractivity contribution is 5.82. The van der Waals surface area contributed by atoms with Crippen LogP contribution in [0.15, 0.2) is 78.9 Å². The lowest BCUT2D eigenvalue weighted by Crippen LogP contribution is -2.67. The van der Waals surface area contributed by atoms with Gasteiger partial charge < -0.3 is 43.8 Å². The SMILES string of the molecule is CC(=O)NC1[C@H](O[C@H](C)[C@@H](NC(=O)OCC2c3ccccc3-c3ccccc32)C(=O)OCc2ccccc2)OC(COC(C)=O)[C@@H](OC(C)=O)[C@@H]1OC(C)=O. The molecule has 5 rings (SSSR count). The van der Waals surface area contributed by atoms with Gasteiger partial charge in [-0.15, -0.1) is 0 Å². The molecule has 0 radical (unpaired) electrons. The smallest absolute Gasteiger partial charge is 0.407 e. The predicted molar refractivity (Wildman–Crippen MR) is 193 cm³/mol. The molecule has 2 amide bonds. The third-order valence-corrected chi connectivity index (χ3v) is 8.98. The van der Waals surface area contributed by atoms with Crippen LogP contribution in [0.25, 0.3) is 11.1 Å². The van der Waals surface area contributed by atoms with E-state index in [1.165, 1.54) is 13.8 Å². The summed E-state index contributed by atoms with van der Waals surface area (Å²) in [6.45, 7) is 5.39. The summed E-state index contributed by atoms with van der Waals surface area (Å²) in [6.07, 6.45) is -7.76. The molecule has 292 valence electrons. The van der Waals surface area contributed by atoms with E-state index in [2.05, 4.69) is 10.6 Å². The van der Waals surface area contributed by atoms with Crippen LogP contribution in [0.1, 0.15) is 57.2 Å². The lowest BCUT2D eigenvalue weighted by molar-refractivity contribution is -0.288. The van der Waals surface area contributed by atoms with Gasteiger partial charge in [-0.3, -0.25) is 19.2 Å². The molecule has 15 heteroatoms. The zero-order valence-electron chi connectivity index (χ0n) is 31.1. The molecule has 2 unspecified atom stereocenters. The van der Waals surface area contributed by atoms with E-state index in [-0.39, 0.29) is 19.1 Å². The largest absolute Gasteiger partial charge is 0.463 e. The van der Waals surface area contributed by atoms with Gasteiger partial charge in [-0.2, -0.15) is 0 Å². The van der Waals surface area contributed by atoms with E-state index in [9.17, 15) is 28.8 Å². The number of amides is 2. The van der Waals surface area contributed by atoms with Gasteiger partial charge in [0.15, 0.2) is 24.5 Å². The Labute approximate surface area is 317 Å². The highest BCUT2D eigenvalue weighted by atomic mass is 16.7. The summed E-state index contributed by atoms with van der Waals surface area (Å²) in [6, 6.07) is 21.7. The lowest BCUT2D eigenvalue weighted by atomic mass is 9.95. The van der Waals surface area contributed by atoms with Crippen LogP contribution >= 0.6 is 0 Å². The first-order valence-electron chi connectivity index (χ1n) is 17.7. The minimum absolute atomic E-state index is 0.0450. The van der Waals surface area contributed by atoms with E-state index >= 15 is 0 Å². The van der Waals surface area contributed by atoms with Gasteiger partial charge in [0, 0.05) is 33.6 Å². The molecule has 1 aliphatic heterocycles. The number of hydrogen-bond acceptors (Lipinski definition) is 13. The molecule has 3 aromatic rings. The van der Waals surface area contributed by atoms with Crippen molar-refractivity contribution in [2.75, 3.05) is 13.2 Å². The highest BCUT2D eigenvalue weighted by Gasteiger charge is 2.52. The number of nitrogens with one attached hydrogen (secondary N) is 2. The molecule has 2 aliphatic rings. The Balaban J connectivity index is 1.39. The van der Waals surface area contributed by atoms with Gasteiger partial charge in [0.05, 0.1) is 6.10 Å². The fourth-order valence-corrected chi connectivity index (χ4v) is 6.65. The van der Waals surface area contributed by atoms with Crippen molar-refractivity contribution in [3.8, 4) is 11.1 Å². The number of benzene rings is 3. The van der Waals surface area contributed by atoms with Crippen molar-refractivity contribution in [1.29, 1.82) is 0 Å². The van der Waals surface area contributed by atoms with E-state index in [1.54, 1.807) is 24.3 Å². The minimum atomic E-state index is -1.52. The third kappa shape index (κ3) is 10.5. The summed E-state index contributed by atoms with van der Waals surface area (Å²) < 4.78 is 39.8. The van der Waals surface area contributed by atoms with Crippen LogP contribution in [0, 0.1) is 0 Å². The van der Waals surface area contributed by atoms with Gasteiger partial charge in [-0.25, -0.2) is 9.59 Å². The Hall–Kier alpha value is -5.80. The molecular weight excluding hydrogens is 716 g/mol. The second kappa shape index (κ2) is 18.5. The Morgan fingerprint density at radius 1 is 0.691 bits per heavy atom. The molecule has 55 heavy (non-hydrogen) atoms. The van der Waals surface area contributed by atoms with E-state index in [1.807, 2.05) is 54.6 Å². The average Bonchev–Trinajstić information content (AvgIpc) is 3.46. The first kappa shape index (κ1) is 40.4. The Kier molecular flexibility index (Phi) is 13.6. The van der Waals surface area contributed by atoms with Crippen LogP contribution in [0.4, 0.5) is 4.79 Å². The van der Waals surface area contributed by atoms with Gasteiger partial charge in [0.2, 0.25) is 5.91 Å². The molecule has 0 saturated carbocycles. The average molecular weight is 761 g/mol. The summed E-state index contributed by atoms with van der Waals surface area (Å²) in [4.78, 5) is 75.9. The van der Waals surface area contributed by atoms with Crippen LogP contribution < -0.4 is 10.6 Å². The van der Waals surface area contributed by atoms with Gasteiger partial charge in [-0.1, -0.05) is 78.9 Å². The van der Waals surface area contributed by atoms with Gasteiger partial charge in [0.25, 0.3) is 0 Å². The van der Waals surface area contributed by atoms with Crippen molar-refractivity contribution < 1.29 is 61.9 Å². The number of ether oxygens (including phenoxy) is 7. The van der Waals surface area contributed by atoms with Crippen molar-refractivity contribution in [3.05, 3.63) is 95.6 Å². The molecule has 1 saturated heterocycles. The van der Waals surface area contributed by atoms with Gasteiger partial charge >= 0.3 is 30.0 Å². The molecule has 2 N–H and O–H groups in total. The fourth-order valence-electron chi connectivity index (χ4n) is 6.65. The zero-order chi connectivity index (χ0) is 39.6. The molecule has 1 heterocycles. The lowest BCUT2D eigenvalue weighted by Gasteiger charge is -2.45. The van der Waals surface area contributed by atoms with Crippen LogP contribution in [0.2, 0.25) is 0 Å². The van der Waals surface area contributed by atoms with Crippen molar-refractivity contribution in [2.45, 2.75) is 89.9 Å². The van der Waals surface area contributed by atoms with Crippen molar-refractivity contribution in [3.63, 3.8) is 0 Å². The van der Waals surface area contributed by atoms with Crippen LogP contribution in [0.3, 0.4) is 0 Å². The zero-order valence-corrected chi connectivity index (χ0v) is 31.1. The van der Waals surface area contributed by atoms with E-state index in [4.69, 9.17) is 33.2 Å². The van der Waals surface area contributed by atoms with Crippen LogP contribution in [-0.4, -0.2) is 91.9 Å². The number of hydrogen-bond donors (Lipinski definition) is 2. The second-order valence-corrected chi connectivity index (χ2v) is 13.1. The first-order chi connectivity index (χ1) is 26.3. The van der Waals surface area contributed by atoms with Gasteiger partial charge in [0.1, 0.15) is 32.0 Å². The second-order valence-electron chi connectivity index (χ2n) is 13.1. The summed E-state index contributed by atoms with van der Waals surface area (Å²) in [7, 11) is 0. The summed E-state index contributed by atoms with van der Waals surface area (Å²) in [5, 5.41) is 5.18. The topological polar surface area (TPSA) is 191 Å². The molecule has 0 bridgehead atoms. The summed E-state index contributed by atoms with van der Waals surface area (Å²) in [5.41, 5.74) is 4.73. The molecule has 7 atom stereocenters. The third-order valence-electron chi connectivity index (χ3n) is 8.98. The molecule has 0 aromatic heterocycles. The number of alkyl carbamates (subject to hydrolysis) is 1. The maximum Gasteiger partial charge on any atom is 0.407 e. The monoisotopic (exact) mass is 760 g/mol. The van der Waals surface area contributed by atoms with Crippen molar-refractivity contribution >= 4 is 35.9 Å². The first-order valence-corrected chi connectivity index (χ1v) is 17.7. The molecule has 3 aromatic carbocycles. The molecule has 1 aliphatic carbocycles. The maximum atomic E-state index is 13.7. The molecule has 1 fully saturated rings. The molecular formula is C40H44N2O13. The van der Waals surface area contributed by atoms with E-state index in [0.29, 0.717) is 5.56 Å². The Morgan fingerprint density at radius 3 is 1.85 bits per heavy atom. The summed E-state index contributed by atoms with van der Waals surface area (Å²) in [5.74, 6) is -4.00. The van der Waals surface area contributed by atoms with E-state index in [0.717, 1.165) is 43.0 Å². The van der Waals surface area contributed by atoms with Crippen LogP contribution in [-0.2, 0) is 63.7 Å². The summed E-state index contributed by atoms with van der Waals surface area (Å²) >= 11 is 0. The number of carbonyl (C=O) groups is 6.